The van der Waals surface area contributed by atoms with Gasteiger partial charge < -0.3 is 18.9 Å². The number of fused-ring (bicyclic) bond motifs is 3. The summed E-state index contributed by atoms with van der Waals surface area (Å²) in [7, 11) is 1.27. The molecule has 7 rings (SSSR count). The quantitative estimate of drug-likeness (QED) is 0.249. The maximum atomic E-state index is 14.8. The Morgan fingerprint density at radius 2 is 1.82 bits per heavy atom. The summed E-state index contributed by atoms with van der Waals surface area (Å²) in [6, 6.07) is 10.9. The molecule has 2 aliphatic heterocycles. The Kier molecular flexibility index (Phi) is 6.10. The zero-order valence-electron chi connectivity index (χ0n) is 22.2. The number of anilines is 1. The molecule has 0 amide bonds. The van der Waals surface area contributed by atoms with Gasteiger partial charge in [-0.05, 0) is 50.3 Å². The number of nitrogens with zero attached hydrogens (tertiary/aromatic N) is 3. The number of hydrogen-bond acceptors (Lipinski definition) is 9. The van der Waals surface area contributed by atoms with Crippen LogP contribution in [0.5, 0.6) is 0 Å². The summed E-state index contributed by atoms with van der Waals surface area (Å²) < 4.78 is 32.0. The number of hydrogen-bond donors (Lipinski definition) is 0. The van der Waals surface area contributed by atoms with E-state index < -0.39 is 11.8 Å². The summed E-state index contributed by atoms with van der Waals surface area (Å²) in [6.07, 6.45) is 4.93. The van der Waals surface area contributed by atoms with Crippen molar-refractivity contribution in [3.63, 3.8) is 0 Å². The van der Waals surface area contributed by atoms with E-state index in [1.807, 2.05) is 31.2 Å². The number of carbonyl (C=O) groups is 2. The first-order valence-corrected chi connectivity index (χ1v) is 14.5. The van der Waals surface area contributed by atoms with Gasteiger partial charge in [-0.2, -0.15) is 0 Å². The zero-order chi connectivity index (χ0) is 27.5. The van der Waals surface area contributed by atoms with Crippen LogP contribution in [0.4, 0.5) is 9.52 Å². The van der Waals surface area contributed by atoms with Crippen molar-refractivity contribution in [2.75, 3.05) is 12.0 Å². The van der Waals surface area contributed by atoms with Gasteiger partial charge >= 0.3 is 11.9 Å². The fourth-order valence-corrected chi connectivity index (χ4v) is 7.38. The third kappa shape index (κ3) is 4.25. The summed E-state index contributed by atoms with van der Waals surface area (Å²) in [4.78, 5) is 32.5. The summed E-state index contributed by atoms with van der Waals surface area (Å²) in [5, 5.41) is 5.04. The molecule has 2 aromatic carbocycles. The molecule has 8 nitrogen and oxygen atoms in total. The van der Waals surface area contributed by atoms with Crippen molar-refractivity contribution in [1.82, 2.24) is 10.1 Å². The first-order chi connectivity index (χ1) is 19.4. The van der Waals surface area contributed by atoms with Crippen LogP contribution >= 0.6 is 11.3 Å². The lowest BCUT2D eigenvalue weighted by Gasteiger charge is -2.38. The summed E-state index contributed by atoms with van der Waals surface area (Å²) in [6.45, 7) is 1.99. The van der Waals surface area contributed by atoms with E-state index in [2.05, 4.69) is 15.0 Å². The summed E-state index contributed by atoms with van der Waals surface area (Å²) >= 11 is 1.37. The molecule has 10 heteroatoms. The largest absolute Gasteiger partial charge is 0.465 e. The molecule has 3 aliphatic rings. The highest BCUT2D eigenvalue weighted by atomic mass is 32.1. The monoisotopic (exact) mass is 561 g/mol. The Balaban J connectivity index is 1.12. The van der Waals surface area contributed by atoms with E-state index in [0.29, 0.717) is 34.6 Å². The van der Waals surface area contributed by atoms with E-state index >= 15 is 0 Å². The van der Waals surface area contributed by atoms with E-state index in [4.69, 9.17) is 14.0 Å². The van der Waals surface area contributed by atoms with Crippen LogP contribution in [0.3, 0.4) is 0 Å². The molecule has 2 bridgehead atoms. The van der Waals surface area contributed by atoms with E-state index in [1.165, 1.54) is 24.5 Å². The SMILES string of the molecule is COC(=O)c1cc(F)c2nc(N3[C@@H]4CC[C@H]3CC(OC(=O)c3c(-c5ccccc5C)noc3C3CC3)C4)sc2c1. The average Bonchev–Trinajstić information content (AvgIpc) is 3.44. The topological polar surface area (TPSA) is 94.8 Å². The van der Waals surface area contributed by atoms with Crippen LogP contribution in [0.2, 0.25) is 0 Å². The third-order valence-electron chi connectivity index (χ3n) is 8.31. The van der Waals surface area contributed by atoms with E-state index in [9.17, 15) is 14.0 Å². The highest BCUT2D eigenvalue weighted by molar-refractivity contribution is 7.22. The minimum atomic E-state index is -0.582. The van der Waals surface area contributed by atoms with Gasteiger partial charge in [0.05, 0.1) is 17.4 Å². The number of thiazole rings is 1. The Morgan fingerprint density at radius 1 is 1.07 bits per heavy atom. The van der Waals surface area contributed by atoms with E-state index in [0.717, 1.165) is 41.9 Å². The van der Waals surface area contributed by atoms with Crippen LogP contribution in [-0.4, -0.2) is 47.4 Å². The van der Waals surface area contributed by atoms with Crippen molar-refractivity contribution < 1.29 is 28.0 Å². The smallest absolute Gasteiger partial charge is 0.344 e. The molecule has 1 unspecified atom stereocenters. The number of rotatable bonds is 6. The van der Waals surface area contributed by atoms with Crippen molar-refractivity contribution in [2.24, 2.45) is 0 Å². The fourth-order valence-electron chi connectivity index (χ4n) is 6.22. The molecule has 0 N–H and O–H groups in total. The van der Waals surface area contributed by atoms with Gasteiger partial charge in [-0.1, -0.05) is 40.8 Å². The van der Waals surface area contributed by atoms with Gasteiger partial charge in [0.1, 0.15) is 22.9 Å². The lowest BCUT2D eigenvalue weighted by Crippen LogP contribution is -2.46. The molecule has 206 valence electrons. The first kappa shape index (κ1) is 25.2. The number of benzene rings is 2. The van der Waals surface area contributed by atoms with E-state index in [1.54, 1.807) is 6.07 Å². The van der Waals surface area contributed by atoms with Crippen LogP contribution in [0.15, 0.2) is 40.9 Å². The molecule has 2 aromatic heterocycles. The number of ether oxygens (including phenoxy) is 2. The minimum Gasteiger partial charge on any atom is -0.465 e. The molecule has 40 heavy (non-hydrogen) atoms. The summed E-state index contributed by atoms with van der Waals surface area (Å²) in [5.41, 5.74) is 3.32. The maximum Gasteiger partial charge on any atom is 0.344 e. The second kappa shape index (κ2) is 9.69. The second-order valence-electron chi connectivity index (χ2n) is 10.9. The second-order valence-corrected chi connectivity index (χ2v) is 12.0. The van der Waals surface area contributed by atoms with Crippen LogP contribution in [0.25, 0.3) is 21.5 Å². The molecule has 1 saturated carbocycles. The summed E-state index contributed by atoms with van der Waals surface area (Å²) in [5.74, 6) is -0.656. The minimum absolute atomic E-state index is 0.126. The standard InChI is InChI=1S/C30H28FN3O5S/c1-15-5-3-4-6-21(15)25-24(27(39-33-25)16-7-8-16)29(36)38-20-13-18-9-10-19(14-20)34(18)30-32-26-22(31)11-17(28(35)37-2)12-23(26)40-30/h3-6,11-12,16,18-20H,7-10,13-14H2,1-2H3/t18-,19+,20?. The zero-order valence-corrected chi connectivity index (χ0v) is 23.0. The number of esters is 2. The Labute approximate surface area is 234 Å². The lowest BCUT2D eigenvalue weighted by atomic mass is 9.99. The predicted octanol–water partition coefficient (Wildman–Crippen LogP) is 6.42. The van der Waals surface area contributed by atoms with Crippen molar-refractivity contribution in [1.29, 1.82) is 0 Å². The maximum absolute atomic E-state index is 14.8. The molecule has 3 fully saturated rings. The highest BCUT2D eigenvalue weighted by Gasteiger charge is 2.44. The molecule has 0 spiro atoms. The molecule has 4 aromatic rings. The van der Waals surface area contributed by atoms with Crippen LogP contribution in [0, 0.1) is 12.7 Å². The van der Waals surface area contributed by atoms with Gasteiger partial charge in [-0.25, -0.2) is 19.0 Å². The number of halogens is 1. The molecule has 4 heterocycles. The van der Waals surface area contributed by atoms with Crippen LogP contribution in [-0.2, 0) is 9.47 Å². The van der Waals surface area contributed by atoms with Gasteiger partial charge in [-0.15, -0.1) is 0 Å². The molecule has 1 aliphatic carbocycles. The van der Waals surface area contributed by atoms with Crippen molar-refractivity contribution >= 4 is 38.6 Å². The van der Waals surface area contributed by atoms with Gasteiger partial charge in [0.15, 0.2) is 16.7 Å². The molecule has 2 saturated heterocycles. The average molecular weight is 562 g/mol. The van der Waals surface area contributed by atoms with Gasteiger partial charge in [0, 0.05) is 36.4 Å². The van der Waals surface area contributed by atoms with Crippen molar-refractivity contribution in [2.45, 2.75) is 69.6 Å². The molecule has 3 atom stereocenters. The normalized spacial score (nSPS) is 22.1. The van der Waals surface area contributed by atoms with Crippen LogP contribution < -0.4 is 4.90 Å². The van der Waals surface area contributed by atoms with Gasteiger partial charge in [0.25, 0.3) is 0 Å². The van der Waals surface area contributed by atoms with Gasteiger partial charge in [0.2, 0.25) is 0 Å². The fraction of sp³-hybridized carbons (Fsp3) is 0.400. The van der Waals surface area contributed by atoms with Crippen molar-refractivity contribution in [3.8, 4) is 11.3 Å². The Morgan fingerprint density at radius 3 is 2.52 bits per heavy atom. The molecular weight excluding hydrogens is 533 g/mol. The Bertz CT molecular complexity index is 1630. The Hall–Kier alpha value is -3.79. The predicted molar refractivity (Wildman–Crippen MR) is 147 cm³/mol. The number of methoxy groups -OCH3 is 1. The van der Waals surface area contributed by atoms with Crippen molar-refractivity contribution in [3.05, 3.63) is 64.7 Å². The number of aromatic nitrogens is 2. The first-order valence-electron chi connectivity index (χ1n) is 13.6. The van der Waals surface area contributed by atoms with Gasteiger partial charge in [-0.3, -0.25) is 0 Å². The third-order valence-corrected chi connectivity index (χ3v) is 9.33. The molecular formula is C30H28FN3O5S. The van der Waals surface area contributed by atoms with Crippen LogP contribution in [0.1, 0.15) is 76.5 Å². The molecule has 0 radical (unpaired) electrons. The lowest BCUT2D eigenvalue weighted by molar-refractivity contribution is 0.0202. The number of aryl methyl sites for hydroxylation is 1. The van der Waals surface area contributed by atoms with E-state index in [-0.39, 0.29) is 41.2 Å². The number of piperidine rings is 1. The number of carbonyl (C=O) groups excluding carboxylic acids is 2. The highest BCUT2D eigenvalue weighted by Crippen LogP contribution is 2.46.